The fraction of sp³-hybridized carbons (Fsp3) is 0.533. The number of rotatable bonds is 5. The third-order valence-corrected chi connectivity index (χ3v) is 2.45. The minimum absolute atomic E-state index is 0.178. The summed E-state index contributed by atoms with van der Waals surface area (Å²) in [4.78, 5) is 13.6. The van der Waals surface area contributed by atoms with E-state index in [4.69, 9.17) is 4.74 Å². The predicted molar refractivity (Wildman–Crippen MR) is 79.7 cm³/mol. The van der Waals surface area contributed by atoms with Crippen LogP contribution in [0.5, 0.6) is 0 Å². The Morgan fingerprint density at radius 2 is 1.89 bits per heavy atom. The van der Waals surface area contributed by atoms with Gasteiger partial charge in [-0.3, -0.25) is 4.79 Å². The number of esters is 1. The summed E-state index contributed by atoms with van der Waals surface area (Å²) in [5.74, 6) is -0.178. The van der Waals surface area contributed by atoms with Gasteiger partial charge in [-0.2, -0.15) is 0 Å². The number of benzene rings is 1. The van der Waals surface area contributed by atoms with E-state index < -0.39 is 5.60 Å². The van der Waals surface area contributed by atoms with Gasteiger partial charge in [-0.1, -0.05) is 12.1 Å². The molecule has 0 aromatic heterocycles. The molecule has 1 aromatic carbocycles. The van der Waals surface area contributed by atoms with Crippen LogP contribution in [0, 0.1) is 0 Å². The Morgan fingerprint density at radius 1 is 1.26 bits per heavy atom. The van der Waals surface area contributed by atoms with Crippen molar-refractivity contribution in [2.75, 3.05) is 30.9 Å². The monoisotopic (exact) mass is 264 g/mol. The molecule has 0 aliphatic rings. The van der Waals surface area contributed by atoms with Crippen molar-refractivity contribution in [3.63, 3.8) is 0 Å². The van der Waals surface area contributed by atoms with Gasteiger partial charge in [0, 0.05) is 20.6 Å². The van der Waals surface area contributed by atoms with Crippen molar-refractivity contribution in [3.05, 3.63) is 24.3 Å². The highest BCUT2D eigenvalue weighted by Crippen LogP contribution is 2.23. The van der Waals surface area contributed by atoms with Gasteiger partial charge in [0.25, 0.3) is 0 Å². The van der Waals surface area contributed by atoms with Crippen molar-refractivity contribution in [3.8, 4) is 0 Å². The average Bonchev–Trinajstić information content (AvgIpc) is 2.27. The molecule has 0 spiro atoms. The normalized spacial score (nSPS) is 11.0. The number of hydrogen-bond donors (Lipinski definition) is 1. The lowest BCUT2D eigenvalue weighted by atomic mass is 10.2. The van der Waals surface area contributed by atoms with Gasteiger partial charge in [-0.15, -0.1) is 0 Å². The van der Waals surface area contributed by atoms with Crippen molar-refractivity contribution in [2.24, 2.45) is 0 Å². The minimum Gasteiger partial charge on any atom is -0.460 e. The molecule has 0 heterocycles. The molecule has 0 aliphatic heterocycles. The summed E-state index contributed by atoms with van der Waals surface area (Å²) in [6.07, 6.45) is 0.360. The highest BCUT2D eigenvalue weighted by atomic mass is 16.6. The van der Waals surface area contributed by atoms with E-state index >= 15 is 0 Å². The van der Waals surface area contributed by atoms with Crippen LogP contribution >= 0.6 is 0 Å². The van der Waals surface area contributed by atoms with Crippen LogP contribution in [0.2, 0.25) is 0 Å². The zero-order valence-corrected chi connectivity index (χ0v) is 12.5. The number of anilines is 2. The maximum atomic E-state index is 11.6. The van der Waals surface area contributed by atoms with E-state index in [1.54, 1.807) is 0 Å². The molecule has 0 bridgehead atoms. The maximum Gasteiger partial charge on any atom is 0.308 e. The number of hydrogen-bond acceptors (Lipinski definition) is 4. The van der Waals surface area contributed by atoms with Gasteiger partial charge < -0.3 is 15.0 Å². The fourth-order valence-electron chi connectivity index (χ4n) is 1.70. The number of ether oxygens (including phenoxy) is 1. The molecular formula is C15H24N2O2. The first kappa shape index (κ1) is 15.3. The second-order valence-electron chi connectivity index (χ2n) is 5.67. The van der Waals surface area contributed by atoms with Crippen LogP contribution in [-0.4, -0.2) is 32.2 Å². The van der Waals surface area contributed by atoms with E-state index in [1.165, 1.54) is 0 Å². The Balaban J connectivity index is 2.48. The molecule has 0 amide bonds. The highest BCUT2D eigenvalue weighted by Gasteiger charge is 2.15. The van der Waals surface area contributed by atoms with E-state index in [9.17, 15) is 4.79 Å². The van der Waals surface area contributed by atoms with E-state index in [1.807, 2.05) is 64.0 Å². The van der Waals surface area contributed by atoms with Crippen LogP contribution in [0.15, 0.2) is 24.3 Å². The van der Waals surface area contributed by atoms with Crippen LogP contribution in [0.3, 0.4) is 0 Å². The van der Waals surface area contributed by atoms with Crippen molar-refractivity contribution in [2.45, 2.75) is 32.8 Å². The van der Waals surface area contributed by atoms with Gasteiger partial charge in [-0.25, -0.2) is 0 Å². The molecule has 0 aliphatic carbocycles. The largest absolute Gasteiger partial charge is 0.460 e. The number of carbonyl (C=O) groups excluding carboxylic acids is 1. The standard InChI is InChI=1S/C15H24N2O2/c1-15(2,3)19-14(18)10-11-16-12-8-6-7-9-13(12)17(4)5/h6-9,16H,10-11H2,1-5H3. The minimum atomic E-state index is -0.418. The van der Waals surface area contributed by atoms with Gasteiger partial charge in [0.1, 0.15) is 5.60 Å². The second kappa shape index (κ2) is 6.45. The molecule has 0 unspecified atom stereocenters. The van der Waals surface area contributed by atoms with Crippen LogP contribution in [-0.2, 0) is 9.53 Å². The second-order valence-corrected chi connectivity index (χ2v) is 5.67. The maximum absolute atomic E-state index is 11.6. The van der Waals surface area contributed by atoms with Crippen LogP contribution in [0.1, 0.15) is 27.2 Å². The van der Waals surface area contributed by atoms with Crippen molar-refractivity contribution in [1.82, 2.24) is 0 Å². The van der Waals surface area contributed by atoms with Crippen molar-refractivity contribution >= 4 is 17.3 Å². The van der Waals surface area contributed by atoms with E-state index in [-0.39, 0.29) is 5.97 Å². The summed E-state index contributed by atoms with van der Waals surface area (Å²) >= 11 is 0. The third kappa shape index (κ3) is 5.64. The van der Waals surface area contributed by atoms with Crippen molar-refractivity contribution in [1.29, 1.82) is 0 Å². The Morgan fingerprint density at radius 3 is 2.47 bits per heavy atom. The lowest BCUT2D eigenvalue weighted by molar-refractivity contribution is -0.154. The predicted octanol–water partition coefficient (Wildman–Crippen LogP) is 2.90. The number of nitrogens with zero attached hydrogens (tertiary/aromatic N) is 1. The molecule has 0 saturated carbocycles. The molecule has 19 heavy (non-hydrogen) atoms. The first-order valence-corrected chi connectivity index (χ1v) is 6.51. The topological polar surface area (TPSA) is 41.6 Å². The zero-order valence-electron chi connectivity index (χ0n) is 12.5. The summed E-state index contributed by atoms with van der Waals surface area (Å²) in [5.41, 5.74) is 1.71. The SMILES string of the molecule is CN(C)c1ccccc1NCCC(=O)OC(C)(C)C. The molecule has 0 saturated heterocycles. The molecule has 106 valence electrons. The zero-order chi connectivity index (χ0) is 14.5. The molecule has 0 atom stereocenters. The molecule has 0 radical (unpaired) electrons. The first-order chi connectivity index (χ1) is 8.79. The van der Waals surface area contributed by atoms with Gasteiger partial charge >= 0.3 is 5.97 Å². The Hall–Kier alpha value is -1.71. The van der Waals surface area contributed by atoms with Gasteiger partial charge in [0.05, 0.1) is 17.8 Å². The number of carbonyl (C=O) groups is 1. The summed E-state index contributed by atoms with van der Waals surface area (Å²) < 4.78 is 5.26. The van der Waals surface area contributed by atoms with Gasteiger partial charge in [-0.05, 0) is 32.9 Å². The third-order valence-electron chi connectivity index (χ3n) is 2.45. The molecule has 1 N–H and O–H groups in total. The van der Waals surface area contributed by atoms with Gasteiger partial charge in [0.2, 0.25) is 0 Å². The molecule has 0 fully saturated rings. The smallest absolute Gasteiger partial charge is 0.308 e. The summed E-state index contributed by atoms with van der Waals surface area (Å²) in [7, 11) is 3.99. The molecule has 4 heteroatoms. The number of para-hydroxylation sites is 2. The van der Waals surface area contributed by atoms with Gasteiger partial charge in [0.15, 0.2) is 0 Å². The van der Waals surface area contributed by atoms with Crippen molar-refractivity contribution < 1.29 is 9.53 Å². The Bertz CT molecular complexity index is 422. The summed E-state index contributed by atoms with van der Waals surface area (Å²) in [6, 6.07) is 8.01. The average molecular weight is 264 g/mol. The summed E-state index contributed by atoms with van der Waals surface area (Å²) in [6.45, 7) is 6.19. The Labute approximate surface area is 115 Å². The molecular weight excluding hydrogens is 240 g/mol. The highest BCUT2D eigenvalue weighted by molar-refractivity contribution is 5.72. The van der Waals surface area contributed by atoms with E-state index in [2.05, 4.69) is 5.32 Å². The number of nitrogens with one attached hydrogen (secondary N) is 1. The molecule has 1 aromatic rings. The lowest BCUT2D eigenvalue weighted by Crippen LogP contribution is -2.25. The first-order valence-electron chi connectivity index (χ1n) is 6.51. The van der Waals surface area contributed by atoms with Crippen LogP contribution in [0.4, 0.5) is 11.4 Å². The lowest BCUT2D eigenvalue weighted by Gasteiger charge is -2.20. The van der Waals surface area contributed by atoms with Crippen LogP contribution in [0.25, 0.3) is 0 Å². The van der Waals surface area contributed by atoms with E-state index in [0.717, 1.165) is 11.4 Å². The molecule has 4 nitrogen and oxygen atoms in total. The van der Waals surface area contributed by atoms with Crippen LogP contribution < -0.4 is 10.2 Å². The quantitative estimate of drug-likeness (QED) is 0.830. The molecule has 1 rings (SSSR count). The summed E-state index contributed by atoms with van der Waals surface area (Å²) in [5, 5.41) is 3.27. The van der Waals surface area contributed by atoms with E-state index in [0.29, 0.717) is 13.0 Å². The Kier molecular flexibility index (Phi) is 5.21. The fourth-order valence-corrected chi connectivity index (χ4v) is 1.70.